The molecule has 2 rings (SSSR count). The van der Waals surface area contributed by atoms with Gasteiger partial charge in [-0.2, -0.15) is 0 Å². The molecule has 0 radical (unpaired) electrons. The minimum Gasteiger partial charge on any atom is -0.444 e. The second-order valence-electron chi connectivity index (χ2n) is 8.67. The van der Waals surface area contributed by atoms with Gasteiger partial charge in [0.15, 0.2) is 0 Å². The van der Waals surface area contributed by atoms with Gasteiger partial charge in [0, 0.05) is 13.1 Å². The molecular weight excluding hydrogens is 372 g/mol. The highest BCUT2D eigenvalue weighted by molar-refractivity contribution is 5.68. The van der Waals surface area contributed by atoms with Crippen molar-refractivity contribution in [1.82, 2.24) is 10.6 Å². The van der Waals surface area contributed by atoms with Crippen LogP contribution < -0.4 is 10.6 Å². The van der Waals surface area contributed by atoms with Gasteiger partial charge in [-0.25, -0.2) is 9.59 Å². The monoisotopic (exact) mass is 404 g/mol. The summed E-state index contributed by atoms with van der Waals surface area (Å²) >= 11 is 0. The number of rotatable bonds is 4. The van der Waals surface area contributed by atoms with Crippen molar-refractivity contribution in [3.05, 3.63) is 0 Å². The van der Waals surface area contributed by atoms with Crippen molar-refractivity contribution < 1.29 is 38.0 Å². The Morgan fingerprint density at radius 1 is 0.750 bits per heavy atom. The van der Waals surface area contributed by atoms with Crippen LogP contribution >= 0.6 is 0 Å². The molecule has 2 heterocycles. The molecular formula is C18H32N2O8. The molecule has 10 nitrogen and oxygen atoms in total. The lowest BCUT2D eigenvalue weighted by Crippen LogP contribution is -2.61. The van der Waals surface area contributed by atoms with Crippen LogP contribution in [0.5, 0.6) is 0 Å². The predicted octanol–water partition coefficient (Wildman–Crippen LogP) is 1.52. The molecule has 2 amide bonds. The Morgan fingerprint density at radius 3 is 1.43 bits per heavy atom. The van der Waals surface area contributed by atoms with Crippen LogP contribution in [-0.4, -0.2) is 74.5 Å². The molecule has 0 spiro atoms. The zero-order valence-corrected chi connectivity index (χ0v) is 17.4. The summed E-state index contributed by atoms with van der Waals surface area (Å²) in [5, 5.41) is 5.36. The second kappa shape index (κ2) is 9.25. The average Bonchev–Trinajstić information content (AvgIpc) is 2.55. The third-order valence-electron chi connectivity index (χ3n) is 3.83. The zero-order valence-electron chi connectivity index (χ0n) is 17.4. The quantitative estimate of drug-likeness (QED) is 0.725. The van der Waals surface area contributed by atoms with Crippen LogP contribution in [0.4, 0.5) is 9.59 Å². The molecule has 162 valence electrons. The minimum absolute atomic E-state index is 0.0253. The standard InChI is InChI=1S/C18H32N2O8/c1-17(2,3)27-15(21)19-7-11-13-14(26-9-23-11)12(24-10-25-13)8-20-16(22)28-18(4,5)6/h11-14H,7-10H2,1-6H3,(H,19,21)(H,20,22)/t11-,12-,13-,14-/m1/s1. The van der Waals surface area contributed by atoms with Gasteiger partial charge in [0.05, 0.1) is 0 Å². The number of hydrogen-bond acceptors (Lipinski definition) is 8. The number of nitrogens with one attached hydrogen (secondary N) is 2. The maximum Gasteiger partial charge on any atom is 0.407 e. The number of carbonyl (C=O) groups is 2. The summed E-state index contributed by atoms with van der Waals surface area (Å²) in [5.41, 5.74) is -1.17. The van der Waals surface area contributed by atoms with Crippen molar-refractivity contribution >= 4 is 12.2 Å². The van der Waals surface area contributed by atoms with E-state index in [1.54, 1.807) is 41.5 Å². The number of amides is 2. The molecule has 0 aromatic rings. The van der Waals surface area contributed by atoms with Crippen LogP contribution in [0.25, 0.3) is 0 Å². The molecule has 0 aliphatic carbocycles. The summed E-state index contributed by atoms with van der Waals surface area (Å²) in [5.74, 6) is 0. The van der Waals surface area contributed by atoms with Crippen LogP contribution in [-0.2, 0) is 28.4 Å². The first-order valence-corrected chi connectivity index (χ1v) is 9.35. The van der Waals surface area contributed by atoms with Crippen molar-refractivity contribution in [2.45, 2.75) is 77.2 Å². The number of hydrogen-bond donors (Lipinski definition) is 2. The molecule has 0 saturated carbocycles. The number of alkyl carbamates (subject to hydrolysis) is 2. The number of ether oxygens (including phenoxy) is 6. The number of fused-ring (bicyclic) bond motifs is 1. The molecule has 0 unspecified atom stereocenters. The SMILES string of the molecule is CC(C)(C)OC(=O)NC[C@H]1OCO[C@H]2[C@@H]1OCO[C@@H]2CNC(=O)OC(C)(C)C. The van der Waals surface area contributed by atoms with E-state index in [1.165, 1.54) is 0 Å². The van der Waals surface area contributed by atoms with E-state index in [0.29, 0.717) is 0 Å². The van der Waals surface area contributed by atoms with Crippen LogP contribution in [0.3, 0.4) is 0 Å². The Hall–Kier alpha value is -1.62. The highest BCUT2D eigenvalue weighted by Crippen LogP contribution is 2.25. The van der Waals surface area contributed by atoms with Gasteiger partial charge in [-0.1, -0.05) is 0 Å². The zero-order chi connectivity index (χ0) is 20.9. The molecule has 4 atom stereocenters. The Labute approximate surface area is 165 Å². The highest BCUT2D eigenvalue weighted by Gasteiger charge is 2.44. The van der Waals surface area contributed by atoms with Crippen LogP contribution in [0.1, 0.15) is 41.5 Å². The highest BCUT2D eigenvalue weighted by atomic mass is 16.8. The summed E-state index contributed by atoms with van der Waals surface area (Å²) < 4.78 is 32.9. The van der Waals surface area contributed by atoms with Crippen molar-refractivity contribution in [2.24, 2.45) is 0 Å². The van der Waals surface area contributed by atoms with E-state index in [4.69, 9.17) is 28.4 Å². The second-order valence-corrected chi connectivity index (χ2v) is 8.67. The molecule has 10 heteroatoms. The third-order valence-corrected chi connectivity index (χ3v) is 3.83. The molecule has 0 bridgehead atoms. The van der Waals surface area contributed by atoms with E-state index in [9.17, 15) is 9.59 Å². The molecule has 2 fully saturated rings. The Morgan fingerprint density at radius 2 is 1.11 bits per heavy atom. The Balaban J connectivity index is 1.86. The molecule has 2 aliphatic heterocycles. The van der Waals surface area contributed by atoms with Gasteiger partial charge in [-0.15, -0.1) is 0 Å². The molecule has 28 heavy (non-hydrogen) atoms. The van der Waals surface area contributed by atoms with E-state index in [1.807, 2.05) is 0 Å². The maximum atomic E-state index is 11.9. The van der Waals surface area contributed by atoms with Crippen molar-refractivity contribution in [2.75, 3.05) is 26.7 Å². The summed E-state index contributed by atoms with van der Waals surface area (Å²) in [6.07, 6.45) is -2.84. The predicted molar refractivity (Wildman–Crippen MR) is 97.7 cm³/mol. The van der Waals surface area contributed by atoms with Gasteiger partial charge in [0.25, 0.3) is 0 Å². The summed E-state index contributed by atoms with van der Waals surface area (Å²) in [6.45, 7) is 11.2. The Kier molecular flexibility index (Phi) is 7.49. The van der Waals surface area contributed by atoms with E-state index in [-0.39, 0.29) is 26.7 Å². The molecule has 0 aromatic heterocycles. The summed E-state index contributed by atoms with van der Waals surface area (Å²) in [6, 6.07) is 0. The van der Waals surface area contributed by atoms with Gasteiger partial charge in [-0.3, -0.25) is 0 Å². The molecule has 2 N–H and O–H groups in total. The van der Waals surface area contributed by atoms with Gasteiger partial charge >= 0.3 is 12.2 Å². The van der Waals surface area contributed by atoms with Gasteiger partial charge in [0.1, 0.15) is 49.2 Å². The van der Waals surface area contributed by atoms with E-state index in [0.717, 1.165) is 0 Å². The van der Waals surface area contributed by atoms with Gasteiger partial charge in [-0.05, 0) is 41.5 Å². The first-order valence-electron chi connectivity index (χ1n) is 9.35. The Bertz CT molecular complexity index is 495. The van der Waals surface area contributed by atoms with Crippen LogP contribution in [0.15, 0.2) is 0 Å². The van der Waals surface area contributed by atoms with Gasteiger partial charge < -0.3 is 39.1 Å². The summed E-state index contributed by atoms with van der Waals surface area (Å²) in [7, 11) is 0. The van der Waals surface area contributed by atoms with E-state index < -0.39 is 47.8 Å². The smallest absolute Gasteiger partial charge is 0.407 e. The largest absolute Gasteiger partial charge is 0.444 e. The van der Waals surface area contributed by atoms with Crippen LogP contribution in [0, 0.1) is 0 Å². The fourth-order valence-corrected chi connectivity index (χ4v) is 2.77. The normalized spacial score (nSPS) is 28.1. The fourth-order valence-electron chi connectivity index (χ4n) is 2.77. The lowest BCUT2D eigenvalue weighted by Gasteiger charge is -2.44. The first kappa shape index (κ1) is 22.7. The molecule has 2 aliphatic rings. The topological polar surface area (TPSA) is 114 Å². The van der Waals surface area contributed by atoms with Gasteiger partial charge in [0.2, 0.25) is 0 Å². The van der Waals surface area contributed by atoms with Crippen LogP contribution in [0.2, 0.25) is 0 Å². The first-order chi connectivity index (χ1) is 12.9. The summed E-state index contributed by atoms with van der Waals surface area (Å²) in [4.78, 5) is 23.7. The van der Waals surface area contributed by atoms with Crippen molar-refractivity contribution in [1.29, 1.82) is 0 Å². The van der Waals surface area contributed by atoms with Crippen molar-refractivity contribution in [3.8, 4) is 0 Å². The molecule has 2 saturated heterocycles. The fraction of sp³-hybridized carbons (Fsp3) is 0.889. The average molecular weight is 404 g/mol. The minimum atomic E-state index is -0.587. The van der Waals surface area contributed by atoms with E-state index in [2.05, 4.69) is 10.6 Å². The third kappa shape index (κ3) is 7.42. The number of carbonyl (C=O) groups excluding carboxylic acids is 2. The lowest BCUT2D eigenvalue weighted by atomic mass is 10.0. The van der Waals surface area contributed by atoms with E-state index >= 15 is 0 Å². The lowest BCUT2D eigenvalue weighted by molar-refractivity contribution is -0.319. The maximum absolute atomic E-state index is 11.9. The molecule has 0 aromatic carbocycles. The van der Waals surface area contributed by atoms with Crippen molar-refractivity contribution in [3.63, 3.8) is 0 Å².